The third kappa shape index (κ3) is 8.19. The number of ether oxygens (including phenoxy) is 2. The number of fused-ring (bicyclic) bond motifs is 1. The van der Waals surface area contributed by atoms with Gasteiger partial charge in [-0.15, -0.1) is 0 Å². The van der Waals surface area contributed by atoms with E-state index in [1.807, 2.05) is 49.4 Å². The number of nitrogens with zero attached hydrogens (tertiary/aromatic N) is 1. The molecule has 0 bridgehead atoms. The van der Waals surface area contributed by atoms with Gasteiger partial charge in [-0.05, 0) is 88.6 Å². The smallest absolute Gasteiger partial charge is 0.267 e. The number of furan rings is 1. The molecular formula is C34H47N3O5. The molecule has 1 aromatic heterocycles. The molecule has 8 nitrogen and oxygen atoms in total. The van der Waals surface area contributed by atoms with Crippen molar-refractivity contribution in [3.05, 3.63) is 65.8 Å². The lowest BCUT2D eigenvalue weighted by Gasteiger charge is -2.39. The fraction of sp³-hybridized carbons (Fsp3) is 0.559. The molecule has 1 aliphatic carbocycles. The van der Waals surface area contributed by atoms with E-state index in [4.69, 9.17) is 13.9 Å². The predicted octanol–water partition coefficient (Wildman–Crippen LogP) is 5.58. The number of carbonyl (C=O) groups is 1. The molecule has 2 aliphatic heterocycles. The van der Waals surface area contributed by atoms with E-state index in [1.54, 1.807) is 6.26 Å². The molecule has 1 aromatic carbocycles. The lowest BCUT2D eigenvalue weighted by molar-refractivity contribution is -0.119. The molecule has 3 heterocycles. The third-order valence-electron chi connectivity index (χ3n) is 8.82. The quantitative estimate of drug-likeness (QED) is 0.339. The van der Waals surface area contributed by atoms with Crippen molar-refractivity contribution in [1.82, 2.24) is 15.5 Å². The van der Waals surface area contributed by atoms with Gasteiger partial charge in [-0.2, -0.15) is 0 Å². The molecule has 0 spiro atoms. The lowest BCUT2D eigenvalue weighted by Crippen LogP contribution is -2.46. The molecule has 1 atom stereocenters. The number of hydrogen-bond acceptors (Lipinski definition) is 7. The van der Waals surface area contributed by atoms with Gasteiger partial charge in [-0.1, -0.05) is 19.1 Å². The summed E-state index contributed by atoms with van der Waals surface area (Å²) in [5.74, 6) is 2.20. The number of nitrogens with one attached hydrogen (secondary N) is 2. The van der Waals surface area contributed by atoms with Gasteiger partial charge in [0.2, 0.25) is 0 Å². The Morgan fingerprint density at radius 1 is 1.24 bits per heavy atom. The lowest BCUT2D eigenvalue weighted by atomic mass is 9.80. The molecule has 8 heteroatoms. The maximum Gasteiger partial charge on any atom is 0.267 e. The highest BCUT2D eigenvalue weighted by atomic mass is 16.5. The molecular weight excluding hydrogens is 530 g/mol. The van der Waals surface area contributed by atoms with Crippen LogP contribution in [-0.4, -0.2) is 60.3 Å². The monoisotopic (exact) mass is 577 g/mol. The van der Waals surface area contributed by atoms with Crippen LogP contribution in [0.25, 0.3) is 11.0 Å². The van der Waals surface area contributed by atoms with E-state index in [2.05, 4.69) is 22.5 Å². The van der Waals surface area contributed by atoms with Gasteiger partial charge in [0.15, 0.2) is 0 Å². The van der Waals surface area contributed by atoms with Crippen molar-refractivity contribution in [3.63, 3.8) is 0 Å². The third-order valence-corrected chi connectivity index (χ3v) is 8.82. The molecule has 2 fully saturated rings. The second kappa shape index (κ2) is 14.3. The van der Waals surface area contributed by atoms with Crippen molar-refractivity contribution in [3.8, 4) is 5.75 Å². The van der Waals surface area contributed by atoms with E-state index in [1.165, 1.54) is 12.8 Å². The van der Waals surface area contributed by atoms with Gasteiger partial charge in [-0.25, -0.2) is 0 Å². The first-order valence-electron chi connectivity index (χ1n) is 15.7. The van der Waals surface area contributed by atoms with Crippen molar-refractivity contribution >= 4 is 16.9 Å². The van der Waals surface area contributed by atoms with E-state index in [-0.39, 0.29) is 11.9 Å². The van der Waals surface area contributed by atoms with Crippen LogP contribution in [0.4, 0.5) is 0 Å². The SMILES string of the molecule is CCOc1ccc2c(CO/C3=C/C=C\CN/C(C(=O)NC4CCC(O)(CCN5CCC[C@@H](C)C5)CC4)=C\C3)coc2c1. The van der Waals surface area contributed by atoms with Crippen LogP contribution in [0.2, 0.25) is 0 Å². The molecule has 1 saturated carbocycles. The average Bonchev–Trinajstić information content (AvgIpc) is 3.43. The van der Waals surface area contributed by atoms with Gasteiger partial charge in [0.05, 0.1) is 24.2 Å². The van der Waals surface area contributed by atoms with E-state index in [0.717, 1.165) is 85.7 Å². The van der Waals surface area contributed by atoms with Gasteiger partial charge >= 0.3 is 0 Å². The highest BCUT2D eigenvalue weighted by Crippen LogP contribution is 2.32. The average molecular weight is 578 g/mol. The predicted molar refractivity (Wildman–Crippen MR) is 165 cm³/mol. The highest BCUT2D eigenvalue weighted by Gasteiger charge is 2.34. The largest absolute Gasteiger partial charge is 0.494 e. The molecule has 42 heavy (non-hydrogen) atoms. The van der Waals surface area contributed by atoms with E-state index < -0.39 is 5.60 Å². The number of amides is 1. The first-order valence-corrected chi connectivity index (χ1v) is 15.7. The van der Waals surface area contributed by atoms with Crippen LogP contribution in [0.1, 0.15) is 70.8 Å². The summed E-state index contributed by atoms with van der Waals surface area (Å²) in [4.78, 5) is 15.7. The number of allylic oxidation sites excluding steroid dienone is 3. The van der Waals surface area contributed by atoms with Crippen LogP contribution in [0, 0.1) is 5.92 Å². The van der Waals surface area contributed by atoms with Gasteiger partial charge in [0, 0.05) is 49.1 Å². The molecule has 3 aliphatic rings. The molecule has 228 valence electrons. The number of aliphatic hydroxyl groups is 1. The summed E-state index contributed by atoms with van der Waals surface area (Å²) >= 11 is 0. The molecule has 1 saturated heterocycles. The van der Waals surface area contributed by atoms with Crippen molar-refractivity contribution in [2.75, 3.05) is 32.8 Å². The maximum absolute atomic E-state index is 13.2. The van der Waals surface area contributed by atoms with Crippen molar-refractivity contribution in [2.45, 2.75) is 83.5 Å². The second-order valence-corrected chi connectivity index (χ2v) is 12.2. The number of piperidine rings is 1. The van der Waals surface area contributed by atoms with Crippen LogP contribution in [-0.2, 0) is 16.1 Å². The standard InChI is InChI=1S/C34H47N3O5/c1-3-40-29-9-11-30-26(24-42-32(30)21-29)23-41-28-8-4-5-18-35-31(12-10-28)33(38)36-27-13-15-34(39,16-14-27)17-20-37-19-6-7-25(2)22-37/h4-5,8-9,11-12,21,24-25,27,35,39H,3,6-7,10,13-20,22-23H2,1-2H3,(H,36,38)/b5-4-,28-8+,31-12-/t25-,27?,34?/m1/s1. The highest BCUT2D eigenvalue weighted by molar-refractivity contribution is 5.93. The Morgan fingerprint density at radius 3 is 2.90 bits per heavy atom. The summed E-state index contributed by atoms with van der Waals surface area (Å²) in [5, 5.41) is 18.7. The minimum Gasteiger partial charge on any atom is -0.494 e. The minimum absolute atomic E-state index is 0.0718. The van der Waals surface area contributed by atoms with Gasteiger partial charge in [-0.3, -0.25) is 4.79 Å². The van der Waals surface area contributed by atoms with Crippen LogP contribution in [0.3, 0.4) is 0 Å². The number of carbonyl (C=O) groups excluding carboxylic acids is 1. The molecule has 0 unspecified atom stereocenters. The molecule has 5 rings (SSSR count). The Morgan fingerprint density at radius 2 is 2.10 bits per heavy atom. The Bertz CT molecular complexity index is 1290. The molecule has 1 amide bonds. The number of rotatable bonds is 10. The van der Waals surface area contributed by atoms with Crippen LogP contribution in [0.5, 0.6) is 5.75 Å². The van der Waals surface area contributed by atoms with E-state index >= 15 is 0 Å². The number of likely N-dealkylation sites (tertiary alicyclic amines) is 1. The Balaban J connectivity index is 1.10. The Hall–Kier alpha value is -3.23. The Kier molecular flexibility index (Phi) is 10.3. The zero-order valence-electron chi connectivity index (χ0n) is 25.2. The summed E-state index contributed by atoms with van der Waals surface area (Å²) in [6.07, 6.45) is 16.4. The number of benzene rings is 1. The minimum atomic E-state index is -0.620. The zero-order valence-corrected chi connectivity index (χ0v) is 25.2. The van der Waals surface area contributed by atoms with Crippen LogP contribution in [0.15, 0.2) is 64.6 Å². The normalized spacial score (nSPS) is 28.6. The first kappa shape index (κ1) is 30.2. The van der Waals surface area contributed by atoms with Gasteiger partial charge in [0.25, 0.3) is 5.91 Å². The fourth-order valence-electron chi connectivity index (χ4n) is 6.31. The Labute approximate surface area is 249 Å². The van der Waals surface area contributed by atoms with Crippen LogP contribution >= 0.6 is 0 Å². The summed E-state index contributed by atoms with van der Waals surface area (Å²) in [6.45, 7) is 9.05. The summed E-state index contributed by atoms with van der Waals surface area (Å²) in [5.41, 5.74) is 1.66. The van der Waals surface area contributed by atoms with Gasteiger partial charge < -0.3 is 34.5 Å². The first-order chi connectivity index (χ1) is 20.4. The van der Waals surface area contributed by atoms with Crippen molar-refractivity contribution < 1.29 is 23.8 Å². The molecule has 2 aromatic rings. The summed E-state index contributed by atoms with van der Waals surface area (Å²) in [7, 11) is 0. The topological polar surface area (TPSA) is 96.2 Å². The summed E-state index contributed by atoms with van der Waals surface area (Å²) < 4.78 is 17.5. The summed E-state index contributed by atoms with van der Waals surface area (Å²) in [6, 6.07) is 5.90. The number of hydrogen-bond donors (Lipinski definition) is 3. The molecule has 0 radical (unpaired) electrons. The second-order valence-electron chi connectivity index (χ2n) is 12.2. The fourth-order valence-corrected chi connectivity index (χ4v) is 6.31. The van der Waals surface area contributed by atoms with E-state index in [0.29, 0.717) is 31.9 Å². The van der Waals surface area contributed by atoms with Crippen molar-refractivity contribution in [2.24, 2.45) is 5.92 Å². The molecule has 3 N–H and O–H groups in total. The van der Waals surface area contributed by atoms with E-state index in [9.17, 15) is 9.90 Å². The van der Waals surface area contributed by atoms with Gasteiger partial charge in [0.1, 0.15) is 23.7 Å². The van der Waals surface area contributed by atoms with Crippen LogP contribution < -0.4 is 15.4 Å². The zero-order chi connectivity index (χ0) is 29.4. The maximum atomic E-state index is 13.2. The van der Waals surface area contributed by atoms with Crippen molar-refractivity contribution in [1.29, 1.82) is 0 Å².